The van der Waals surface area contributed by atoms with Gasteiger partial charge in [-0.15, -0.1) is 0 Å². The van der Waals surface area contributed by atoms with Crippen molar-refractivity contribution in [1.82, 2.24) is 4.90 Å². The summed E-state index contributed by atoms with van der Waals surface area (Å²) in [6.07, 6.45) is 1.46. The Morgan fingerprint density at radius 1 is 1.19 bits per heavy atom. The fraction of sp³-hybridized carbons (Fsp3) is 0.389. The molecule has 0 aliphatic carbocycles. The summed E-state index contributed by atoms with van der Waals surface area (Å²) in [6.45, 7) is 3.91. The highest BCUT2D eigenvalue weighted by atomic mass is 79.9. The summed E-state index contributed by atoms with van der Waals surface area (Å²) in [7, 11) is 3.14. The number of hydrogen-bond donors (Lipinski definition) is 0. The van der Waals surface area contributed by atoms with E-state index in [2.05, 4.69) is 15.9 Å². The molecule has 1 amide bonds. The van der Waals surface area contributed by atoms with Gasteiger partial charge < -0.3 is 19.1 Å². The second-order valence-corrected chi connectivity index (χ2v) is 6.07. The minimum atomic E-state index is -0.488. The van der Waals surface area contributed by atoms with Gasteiger partial charge in [0.1, 0.15) is 11.6 Å². The van der Waals surface area contributed by atoms with Gasteiger partial charge >= 0.3 is 5.97 Å². The molecule has 140 valence electrons. The number of likely N-dealkylation sites (N-methyl/N-ethyl adjacent to an activating group) is 1. The van der Waals surface area contributed by atoms with Crippen LogP contribution < -0.4 is 9.47 Å². The van der Waals surface area contributed by atoms with Crippen LogP contribution in [-0.2, 0) is 14.3 Å². The van der Waals surface area contributed by atoms with E-state index in [4.69, 9.17) is 14.2 Å². The van der Waals surface area contributed by atoms with Crippen molar-refractivity contribution in [1.29, 1.82) is 5.26 Å². The molecular weight excluding hydrogens is 404 g/mol. The lowest BCUT2D eigenvalue weighted by atomic mass is 10.1. The standard InChI is InChI=1S/C18H21BrN2O5/c1-5-24-15-8-12(7-13(10-20)18(23)21(3)4)14(19)9-16(15)26-11-17(22)25-6-2/h7-9H,5-6,11H2,1-4H3/b13-7-. The number of nitrogens with zero attached hydrogens (tertiary/aromatic N) is 2. The van der Waals surface area contributed by atoms with Crippen LogP contribution >= 0.6 is 15.9 Å². The van der Waals surface area contributed by atoms with Crippen LogP contribution in [0.2, 0.25) is 0 Å². The highest BCUT2D eigenvalue weighted by Crippen LogP contribution is 2.35. The van der Waals surface area contributed by atoms with Crippen LogP contribution in [-0.4, -0.2) is 50.7 Å². The Morgan fingerprint density at radius 3 is 2.38 bits per heavy atom. The van der Waals surface area contributed by atoms with E-state index < -0.39 is 11.9 Å². The number of hydrogen-bond acceptors (Lipinski definition) is 6. The first-order valence-electron chi connectivity index (χ1n) is 7.92. The molecule has 1 aromatic rings. The predicted molar refractivity (Wildman–Crippen MR) is 99.7 cm³/mol. The van der Waals surface area contributed by atoms with Crippen LogP contribution in [0.5, 0.6) is 11.5 Å². The molecule has 0 saturated carbocycles. The third-order valence-corrected chi connectivity index (χ3v) is 3.76. The van der Waals surface area contributed by atoms with Crippen molar-refractivity contribution >= 4 is 33.9 Å². The lowest BCUT2D eigenvalue weighted by Gasteiger charge is -2.14. The number of ether oxygens (including phenoxy) is 3. The lowest BCUT2D eigenvalue weighted by Crippen LogP contribution is -2.22. The molecule has 0 fully saturated rings. The van der Waals surface area contributed by atoms with E-state index >= 15 is 0 Å². The maximum atomic E-state index is 12.0. The maximum absolute atomic E-state index is 12.0. The number of rotatable bonds is 8. The number of carbonyl (C=O) groups is 2. The largest absolute Gasteiger partial charge is 0.490 e. The van der Waals surface area contributed by atoms with Crippen LogP contribution in [0.15, 0.2) is 22.2 Å². The molecule has 0 N–H and O–H groups in total. The minimum Gasteiger partial charge on any atom is -0.490 e. The number of nitriles is 1. The molecule has 1 aromatic carbocycles. The molecular formula is C18H21BrN2O5. The van der Waals surface area contributed by atoms with Gasteiger partial charge in [-0.25, -0.2) is 4.79 Å². The molecule has 0 aliphatic heterocycles. The monoisotopic (exact) mass is 424 g/mol. The molecule has 0 spiro atoms. The van der Waals surface area contributed by atoms with Crippen LogP contribution in [0.4, 0.5) is 0 Å². The van der Waals surface area contributed by atoms with Crippen molar-refractivity contribution in [3.8, 4) is 17.6 Å². The van der Waals surface area contributed by atoms with Gasteiger partial charge in [-0.3, -0.25) is 4.79 Å². The summed E-state index contributed by atoms with van der Waals surface area (Å²) >= 11 is 3.38. The molecule has 7 nitrogen and oxygen atoms in total. The Balaban J connectivity index is 3.20. The van der Waals surface area contributed by atoms with Crippen LogP contribution in [0.3, 0.4) is 0 Å². The average Bonchev–Trinajstić information content (AvgIpc) is 2.60. The highest BCUT2D eigenvalue weighted by molar-refractivity contribution is 9.10. The first-order valence-corrected chi connectivity index (χ1v) is 8.71. The molecule has 26 heavy (non-hydrogen) atoms. The topological polar surface area (TPSA) is 88.9 Å². The molecule has 0 heterocycles. The van der Waals surface area contributed by atoms with E-state index in [0.717, 1.165) is 0 Å². The van der Waals surface area contributed by atoms with Crippen LogP contribution in [0.1, 0.15) is 19.4 Å². The summed E-state index contributed by atoms with van der Waals surface area (Å²) in [5.41, 5.74) is 0.557. The zero-order valence-corrected chi connectivity index (χ0v) is 16.8. The predicted octanol–water partition coefficient (Wildman–Crippen LogP) is 2.78. The first kappa shape index (κ1) is 21.5. The maximum Gasteiger partial charge on any atom is 0.344 e. The summed E-state index contributed by atoms with van der Waals surface area (Å²) in [5.74, 6) is -0.152. The van der Waals surface area contributed by atoms with E-state index in [1.807, 2.05) is 13.0 Å². The molecule has 8 heteroatoms. The fourth-order valence-corrected chi connectivity index (χ4v) is 2.36. The Labute approximate surface area is 161 Å². The van der Waals surface area contributed by atoms with E-state index in [0.29, 0.717) is 28.1 Å². The van der Waals surface area contributed by atoms with Gasteiger partial charge in [0.15, 0.2) is 18.1 Å². The van der Waals surface area contributed by atoms with E-state index in [9.17, 15) is 14.9 Å². The number of benzene rings is 1. The van der Waals surface area contributed by atoms with Gasteiger partial charge in [-0.05, 0) is 37.6 Å². The van der Waals surface area contributed by atoms with Gasteiger partial charge in [0, 0.05) is 18.6 Å². The average molecular weight is 425 g/mol. The van der Waals surface area contributed by atoms with Gasteiger partial charge in [-0.2, -0.15) is 5.26 Å². The minimum absolute atomic E-state index is 0.0154. The van der Waals surface area contributed by atoms with Gasteiger partial charge in [0.25, 0.3) is 5.91 Å². The molecule has 0 saturated heterocycles. The molecule has 0 radical (unpaired) electrons. The number of amides is 1. The second-order valence-electron chi connectivity index (χ2n) is 5.22. The number of carbonyl (C=O) groups excluding carboxylic acids is 2. The summed E-state index contributed by atoms with van der Waals surface area (Å²) in [6, 6.07) is 5.14. The molecule has 0 aliphatic rings. The Bertz CT molecular complexity index is 738. The number of halogens is 1. The van der Waals surface area contributed by atoms with Gasteiger partial charge in [0.05, 0.1) is 13.2 Å². The zero-order chi connectivity index (χ0) is 19.7. The van der Waals surface area contributed by atoms with Crippen molar-refractivity contribution in [3.63, 3.8) is 0 Å². The van der Waals surface area contributed by atoms with Crippen molar-refractivity contribution in [2.45, 2.75) is 13.8 Å². The molecule has 1 rings (SSSR count). The fourth-order valence-electron chi connectivity index (χ4n) is 1.92. The Morgan fingerprint density at radius 2 is 1.85 bits per heavy atom. The molecule has 0 bridgehead atoms. The SMILES string of the molecule is CCOC(=O)COc1cc(Br)c(/C=C(/C#N)C(=O)N(C)C)cc1OCC. The summed E-state index contributed by atoms with van der Waals surface area (Å²) in [5, 5.41) is 9.23. The molecule has 0 atom stereocenters. The Kier molecular flexibility index (Phi) is 8.65. The smallest absolute Gasteiger partial charge is 0.344 e. The van der Waals surface area contributed by atoms with E-state index in [1.54, 1.807) is 33.2 Å². The summed E-state index contributed by atoms with van der Waals surface area (Å²) in [4.78, 5) is 24.8. The van der Waals surface area contributed by atoms with Crippen molar-refractivity contribution in [3.05, 3.63) is 27.7 Å². The highest BCUT2D eigenvalue weighted by Gasteiger charge is 2.15. The molecule has 0 aromatic heterocycles. The lowest BCUT2D eigenvalue weighted by molar-refractivity contribution is -0.145. The van der Waals surface area contributed by atoms with Gasteiger partial charge in [-0.1, -0.05) is 15.9 Å². The van der Waals surface area contributed by atoms with Gasteiger partial charge in [0.2, 0.25) is 0 Å². The van der Waals surface area contributed by atoms with E-state index in [-0.39, 0.29) is 18.8 Å². The second kappa shape index (κ2) is 10.5. The van der Waals surface area contributed by atoms with Crippen LogP contribution in [0.25, 0.3) is 6.08 Å². The third-order valence-electron chi connectivity index (χ3n) is 3.07. The van der Waals surface area contributed by atoms with Crippen LogP contribution in [0, 0.1) is 11.3 Å². The Hall–Kier alpha value is -2.53. The first-order chi connectivity index (χ1) is 12.3. The summed E-state index contributed by atoms with van der Waals surface area (Å²) < 4.78 is 16.4. The zero-order valence-electron chi connectivity index (χ0n) is 15.2. The van der Waals surface area contributed by atoms with Crippen molar-refractivity contribution in [2.24, 2.45) is 0 Å². The quantitative estimate of drug-likeness (QED) is 0.362. The number of esters is 1. The van der Waals surface area contributed by atoms with E-state index in [1.165, 1.54) is 11.0 Å². The van der Waals surface area contributed by atoms with Crippen molar-refractivity contribution < 1.29 is 23.8 Å². The van der Waals surface area contributed by atoms with Crippen molar-refractivity contribution in [2.75, 3.05) is 33.9 Å². The normalized spacial score (nSPS) is 10.7. The third kappa shape index (κ3) is 6.08. The molecule has 0 unspecified atom stereocenters.